The van der Waals surface area contributed by atoms with Crippen LogP contribution >= 0.6 is 21.6 Å². The molecule has 12 heavy (non-hydrogen) atoms. The number of urea groups is 1. The Morgan fingerprint density at radius 3 is 2.83 bits per heavy atom. The van der Waals surface area contributed by atoms with Crippen LogP contribution in [0.3, 0.4) is 0 Å². The summed E-state index contributed by atoms with van der Waals surface area (Å²) >= 11 is 0. The summed E-state index contributed by atoms with van der Waals surface area (Å²) in [7, 11) is 14.0. The van der Waals surface area contributed by atoms with E-state index in [2.05, 4.69) is 0 Å². The number of amides is 2. The van der Waals surface area contributed by atoms with Crippen LogP contribution < -0.4 is 5.23 Å². The second-order valence-corrected chi connectivity index (χ2v) is 5.03. The Labute approximate surface area is 82.7 Å². The van der Waals surface area contributed by atoms with E-state index in [1.54, 1.807) is 21.6 Å². The average molecular weight is 198 g/mol. The van der Waals surface area contributed by atoms with Crippen molar-refractivity contribution in [3.63, 3.8) is 0 Å². The summed E-state index contributed by atoms with van der Waals surface area (Å²) in [5.74, 6) is 1.90. The third-order valence-corrected chi connectivity index (χ3v) is 4.13. The van der Waals surface area contributed by atoms with Gasteiger partial charge in [0.1, 0.15) is 0 Å². The van der Waals surface area contributed by atoms with Gasteiger partial charge < -0.3 is 10.0 Å². The van der Waals surface area contributed by atoms with Crippen LogP contribution in [-0.4, -0.2) is 44.4 Å². The molecule has 1 unspecified atom stereocenters. The monoisotopic (exact) mass is 198 g/mol. The zero-order valence-electron chi connectivity index (χ0n) is 6.53. The molecule has 1 saturated heterocycles. The van der Waals surface area contributed by atoms with Crippen molar-refractivity contribution in [1.82, 2.24) is 10.0 Å². The first-order valence-corrected chi connectivity index (χ1v) is 6.03. The molecule has 1 fully saturated rings. The zero-order chi connectivity index (χ0) is 8.97. The van der Waals surface area contributed by atoms with Gasteiger partial charge in [0, 0.05) is 17.5 Å². The smallest absolute Gasteiger partial charge is 0.291 e. The Hall–Kier alpha value is 0.0999. The van der Waals surface area contributed by atoms with E-state index < -0.39 is 6.03 Å². The minimum atomic E-state index is -0.424. The molecule has 0 aromatic rings. The molecule has 1 rings (SSSR count). The molecule has 0 spiro atoms. The molecule has 0 aromatic carbocycles. The highest BCUT2D eigenvalue weighted by atomic mass is 33.1. The van der Waals surface area contributed by atoms with Crippen molar-refractivity contribution in [2.24, 2.45) is 0 Å². The van der Waals surface area contributed by atoms with Crippen molar-refractivity contribution >= 4 is 43.6 Å². The summed E-state index contributed by atoms with van der Waals surface area (Å²) in [5, 5.41) is 2.01. The predicted molar refractivity (Wildman–Crippen MR) is 55.2 cm³/mol. The molecular formula is C5H8B2N2OS2. The number of carbonyl (C=O) groups is 1. The maximum Gasteiger partial charge on any atom is 0.291 e. The topological polar surface area (TPSA) is 32.3 Å². The number of rotatable bonds is 1. The van der Waals surface area contributed by atoms with Crippen molar-refractivity contribution < 1.29 is 4.79 Å². The summed E-state index contributed by atoms with van der Waals surface area (Å²) in [6.07, 6.45) is 0.932. The number of carbonyl (C=O) groups excluding carboxylic acids is 1. The van der Waals surface area contributed by atoms with Crippen LogP contribution in [0.25, 0.3) is 0 Å². The van der Waals surface area contributed by atoms with Crippen molar-refractivity contribution in [3.8, 4) is 0 Å². The van der Waals surface area contributed by atoms with E-state index in [1.807, 2.05) is 5.23 Å². The molecule has 1 N–H and O–H groups in total. The quantitative estimate of drug-likeness (QED) is 0.486. The van der Waals surface area contributed by atoms with Gasteiger partial charge in [0.25, 0.3) is 6.03 Å². The van der Waals surface area contributed by atoms with E-state index in [0.29, 0.717) is 0 Å². The molecule has 0 bridgehead atoms. The first-order valence-electron chi connectivity index (χ1n) is 3.54. The van der Waals surface area contributed by atoms with Crippen LogP contribution in [0.2, 0.25) is 0 Å². The summed E-state index contributed by atoms with van der Waals surface area (Å²) < 4.78 is 0. The van der Waals surface area contributed by atoms with Crippen molar-refractivity contribution in [2.75, 3.05) is 11.5 Å². The Balaban J connectivity index is 2.39. The Morgan fingerprint density at radius 2 is 2.33 bits per heavy atom. The van der Waals surface area contributed by atoms with E-state index in [4.69, 9.17) is 16.0 Å². The fraction of sp³-hybridized carbons (Fsp3) is 0.800. The maximum absolute atomic E-state index is 11.0. The average Bonchev–Trinajstić information content (AvgIpc) is 2.17. The maximum atomic E-state index is 11.0. The molecule has 2 amide bonds. The molecule has 1 aliphatic rings. The summed E-state index contributed by atoms with van der Waals surface area (Å²) in [4.78, 5) is 12.1. The molecule has 7 heteroatoms. The van der Waals surface area contributed by atoms with E-state index in [0.717, 1.165) is 17.9 Å². The molecule has 0 aromatic heterocycles. The van der Waals surface area contributed by atoms with Gasteiger partial charge in [-0.1, -0.05) is 21.6 Å². The van der Waals surface area contributed by atoms with Gasteiger partial charge in [-0.05, 0) is 6.42 Å². The molecule has 3 nitrogen and oxygen atoms in total. The highest BCUT2D eigenvalue weighted by Gasteiger charge is 2.20. The largest absolute Gasteiger partial charge is 0.392 e. The number of nitrogens with zero attached hydrogens (tertiary/aromatic N) is 1. The fourth-order valence-electron chi connectivity index (χ4n) is 0.913. The van der Waals surface area contributed by atoms with Gasteiger partial charge in [-0.25, -0.2) is 0 Å². The van der Waals surface area contributed by atoms with Crippen LogP contribution in [-0.2, 0) is 0 Å². The SMILES string of the molecule is [B]NC(=O)N([B])C1CCSSC1. The van der Waals surface area contributed by atoms with E-state index in [1.165, 1.54) is 4.81 Å². The van der Waals surface area contributed by atoms with Crippen molar-refractivity contribution in [2.45, 2.75) is 12.5 Å². The molecular weight excluding hydrogens is 190 g/mol. The minimum Gasteiger partial charge on any atom is -0.392 e. The number of hydrogen-bond donors (Lipinski definition) is 1. The summed E-state index contributed by atoms with van der Waals surface area (Å²) in [5.41, 5.74) is 0. The summed E-state index contributed by atoms with van der Waals surface area (Å²) in [6, 6.07) is -0.313. The van der Waals surface area contributed by atoms with Gasteiger partial charge >= 0.3 is 0 Å². The molecule has 0 saturated carbocycles. The minimum absolute atomic E-state index is 0.111. The molecule has 4 radical (unpaired) electrons. The zero-order valence-corrected chi connectivity index (χ0v) is 8.16. The second-order valence-electron chi connectivity index (χ2n) is 2.41. The molecule has 1 heterocycles. The highest BCUT2D eigenvalue weighted by molar-refractivity contribution is 8.76. The third kappa shape index (κ3) is 2.55. The molecule has 62 valence electrons. The first kappa shape index (κ1) is 10.2. The lowest BCUT2D eigenvalue weighted by molar-refractivity contribution is 0.221. The molecule has 1 atom stereocenters. The lowest BCUT2D eigenvalue weighted by atomic mass is 10.1. The van der Waals surface area contributed by atoms with Gasteiger partial charge in [0.2, 0.25) is 16.0 Å². The standard InChI is InChI=1S/C5H8B2N2OS2/c6-8-5(10)9(7)4-1-2-11-12-3-4/h4H,1-3H2,(H,8,10). The van der Waals surface area contributed by atoms with Crippen LogP contribution in [0.4, 0.5) is 4.79 Å². The van der Waals surface area contributed by atoms with E-state index >= 15 is 0 Å². The normalized spacial score (nSPS) is 23.2. The van der Waals surface area contributed by atoms with Gasteiger partial charge in [-0.15, -0.1) is 0 Å². The molecule has 0 aliphatic carbocycles. The van der Waals surface area contributed by atoms with Crippen molar-refractivity contribution in [1.29, 1.82) is 0 Å². The van der Waals surface area contributed by atoms with Gasteiger partial charge in [-0.2, -0.15) is 0 Å². The Morgan fingerprint density at radius 1 is 1.58 bits per heavy atom. The third-order valence-electron chi connectivity index (χ3n) is 1.63. The lowest BCUT2D eigenvalue weighted by Gasteiger charge is -2.30. The van der Waals surface area contributed by atoms with Gasteiger partial charge in [-0.3, -0.25) is 4.79 Å². The van der Waals surface area contributed by atoms with Crippen LogP contribution in [0.15, 0.2) is 0 Å². The molecule has 1 aliphatic heterocycles. The predicted octanol–water partition coefficient (Wildman–Crippen LogP) is 0.319. The van der Waals surface area contributed by atoms with Crippen molar-refractivity contribution in [3.05, 3.63) is 0 Å². The number of hydrogen-bond acceptors (Lipinski definition) is 3. The fourth-order valence-corrected chi connectivity index (χ4v) is 3.38. The van der Waals surface area contributed by atoms with Crippen LogP contribution in [0.1, 0.15) is 6.42 Å². The van der Waals surface area contributed by atoms with Crippen LogP contribution in [0.5, 0.6) is 0 Å². The second kappa shape index (κ2) is 4.97. The summed E-state index contributed by atoms with van der Waals surface area (Å²) in [6.45, 7) is 0. The Bertz CT molecular complexity index is 166. The first-order chi connectivity index (χ1) is 5.75. The Kier molecular flexibility index (Phi) is 4.21. The van der Waals surface area contributed by atoms with Gasteiger partial charge in [0.15, 0.2) is 0 Å². The number of nitrogens with one attached hydrogen (secondary N) is 1. The van der Waals surface area contributed by atoms with E-state index in [9.17, 15) is 4.79 Å². The highest BCUT2D eigenvalue weighted by Crippen LogP contribution is 2.30. The lowest BCUT2D eigenvalue weighted by Crippen LogP contribution is -2.45. The van der Waals surface area contributed by atoms with Crippen LogP contribution in [0, 0.1) is 0 Å². The van der Waals surface area contributed by atoms with E-state index in [-0.39, 0.29) is 6.04 Å². The van der Waals surface area contributed by atoms with Gasteiger partial charge in [0.05, 0.1) is 0 Å².